The number of hydrogen-bond donors (Lipinski definition) is 0. The Labute approximate surface area is 164 Å². The lowest BCUT2D eigenvalue weighted by molar-refractivity contribution is -0.312. The largest absolute Gasteiger partial charge is 0.463 e. The van der Waals surface area contributed by atoms with E-state index in [1.54, 1.807) is 0 Å². The summed E-state index contributed by atoms with van der Waals surface area (Å²) in [5.74, 6) is -0.189. The van der Waals surface area contributed by atoms with Gasteiger partial charge in [0.1, 0.15) is 13.2 Å². The van der Waals surface area contributed by atoms with Crippen molar-refractivity contribution in [2.45, 2.75) is 54.4 Å². The van der Waals surface area contributed by atoms with Crippen molar-refractivity contribution in [3.05, 3.63) is 0 Å². The molecule has 0 N–H and O–H groups in total. The second-order valence-electron chi connectivity index (χ2n) is 7.81. The first-order valence-electron chi connectivity index (χ1n) is 9.90. The van der Waals surface area contributed by atoms with Gasteiger partial charge in [0.05, 0.1) is 51.7 Å². The number of hydrogen-bond acceptors (Lipinski definition) is 7. The molecule has 162 valence electrons. The van der Waals surface area contributed by atoms with E-state index in [1.807, 2.05) is 20.8 Å². The van der Waals surface area contributed by atoms with E-state index >= 15 is 0 Å². The van der Waals surface area contributed by atoms with Crippen molar-refractivity contribution in [2.75, 3.05) is 59.5 Å². The molecule has 0 aliphatic rings. The van der Waals surface area contributed by atoms with E-state index in [0.717, 1.165) is 12.8 Å². The van der Waals surface area contributed by atoms with E-state index < -0.39 is 5.41 Å². The highest BCUT2D eigenvalue weighted by Gasteiger charge is 2.26. The highest BCUT2D eigenvalue weighted by Crippen LogP contribution is 2.21. The lowest BCUT2D eigenvalue weighted by atomic mass is 9.91. The van der Waals surface area contributed by atoms with Crippen LogP contribution in [-0.4, -0.2) is 65.4 Å². The maximum atomic E-state index is 11.7. The zero-order valence-electron chi connectivity index (χ0n) is 18.1. The highest BCUT2D eigenvalue weighted by molar-refractivity contribution is 5.75. The molecule has 0 aromatic heterocycles. The van der Waals surface area contributed by atoms with Crippen LogP contribution in [0.2, 0.25) is 0 Å². The molecule has 0 saturated heterocycles. The maximum absolute atomic E-state index is 11.7. The predicted octanol–water partition coefficient (Wildman–Crippen LogP) is 3.40. The van der Waals surface area contributed by atoms with Gasteiger partial charge in [0, 0.05) is 0 Å². The molecule has 0 amide bonds. The van der Waals surface area contributed by atoms with Gasteiger partial charge >= 0.3 is 5.97 Å². The first kappa shape index (κ1) is 26.3. The molecule has 0 aliphatic carbocycles. The van der Waals surface area contributed by atoms with E-state index in [9.17, 15) is 4.79 Å². The van der Waals surface area contributed by atoms with Crippen molar-refractivity contribution >= 4 is 5.97 Å². The lowest BCUT2D eigenvalue weighted by Gasteiger charge is -2.21. The summed E-state index contributed by atoms with van der Waals surface area (Å²) in [4.78, 5) is 22.0. The normalized spacial score (nSPS) is 12.4. The van der Waals surface area contributed by atoms with Gasteiger partial charge in [0.25, 0.3) is 0 Å². The summed E-state index contributed by atoms with van der Waals surface area (Å²) in [5, 5.41) is 0. The molecule has 0 fully saturated rings. The minimum absolute atomic E-state index is 0.129. The SMILES string of the molecule is CCC(C)(C)COOCCOCCOCCOCCOC(=O)C(C)(C)CC. The molecule has 0 radical (unpaired) electrons. The van der Waals surface area contributed by atoms with Crippen LogP contribution in [0.25, 0.3) is 0 Å². The Bertz CT molecular complexity index is 369. The molecule has 0 spiro atoms. The third kappa shape index (κ3) is 14.9. The van der Waals surface area contributed by atoms with Crippen LogP contribution in [0.3, 0.4) is 0 Å². The number of carbonyl (C=O) groups is 1. The van der Waals surface area contributed by atoms with Crippen LogP contribution in [0.4, 0.5) is 0 Å². The Morgan fingerprint density at radius 3 is 1.63 bits per heavy atom. The smallest absolute Gasteiger partial charge is 0.311 e. The number of ether oxygens (including phenoxy) is 4. The van der Waals surface area contributed by atoms with Gasteiger partial charge in [-0.3, -0.25) is 4.79 Å². The first-order valence-corrected chi connectivity index (χ1v) is 9.90. The second-order valence-corrected chi connectivity index (χ2v) is 7.81. The van der Waals surface area contributed by atoms with Crippen molar-refractivity contribution in [2.24, 2.45) is 10.8 Å². The Morgan fingerprint density at radius 1 is 0.667 bits per heavy atom. The van der Waals surface area contributed by atoms with Crippen LogP contribution in [-0.2, 0) is 33.5 Å². The molecule has 0 aliphatic heterocycles. The number of carbonyl (C=O) groups excluding carboxylic acids is 1. The summed E-state index contributed by atoms with van der Waals surface area (Å²) in [6.45, 7) is 16.1. The quantitative estimate of drug-likeness (QED) is 0.153. The van der Waals surface area contributed by atoms with Gasteiger partial charge in [-0.1, -0.05) is 27.7 Å². The van der Waals surface area contributed by atoms with Crippen molar-refractivity contribution < 1.29 is 33.5 Å². The molecule has 0 bridgehead atoms. The van der Waals surface area contributed by atoms with Crippen LogP contribution in [0.15, 0.2) is 0 Å². The zero-order chi connectivity index (χ0) is 20.6. The minimum atomic E-state index is -0.438. The molecule has 0 rings (SSSR count). The topological polar surface area (TPSA) is 72.5 Å². The Kier molecular flexibility index (Phi) is 14.8. The van der Waals surface area contributed by atoms with Gasteiger partial charge in [-0.25, -0.2) is 9.78 Å². The molecular weight excluding hydrogens is 352 g/mol. The molecule has 0 heterocycles. The molecule has 7 nitrogen and oxygen atoms in total. The van der Waals surface area contributed by atoms with Crippen molar-refractivity contribution in [3.63, 3.8) is 0 Å². The molecule has 0 aromatic carbocycles. The van der Waals surface area contributed by atoms with Crippen LogP contribution in [0.1, 0.15) is 54.4 Å². The second kappa shape index (κ2) is 15.2. The van der Waals surface area contributed by atoms with Gasteiger partial charge in [0.2, 0.25) is 0 Å². The van der Waals surface area contributed by atoms with Gasteiger partial charge in [-0.05, 0) is 32.1 Å². The van der Waals surface area contributed by atoms with Crippen molar-refractivity contribution in [1.29, 1.82) is 0 Å². The van der Waals surface area contributed by atoms with Crippen LogP contribution < -0.4 is 0 Å². The van der Waals surface area contributed by atoms with Crippen LogP contribution >= 0.6 is 0 Å². The maximum Gasteiger partial charge on any atom is 0.311 e. The minimum Gasteiger partial charge on any atom is -0.463 e. The van der Waals surface area contributed by atoms with Gasteiger partial charge < -0.3 is 18.9 Å². The first-order chi connectivity index (χ1) is 12.7. The van der Waals surface area contributed by atoms with Crippen LogP contribution in [0.5, 0.6) is 0 Å². The Morgan fingerprint density at radius 2 is 1.15 bits per heavy atom. The van der Waals surface area contributed by atoms with Crippen LogP contribution in [0, 0.1) is 10.8 Å². The predicted molar refractivity (Wildman–Crippen MR) is 103 cm³/mol. The monoisotopic (exact) mass is 392 g/mol. The summed E-state index contributed by atoms with van der Waals surface area (Å²) >= 11 is 0. The van der Waals surface area contributed by atoms with Crippen molar-refractivity contribution in [3.8, 4) is 0 Å². The average molecular weight is 393 g/mol. The number of esters is 1. The standard InChI is InChI=1S/C20H40O7/c1-7-19(3,4)17-27-26-16-14-24-12-10-22-9-11-23-13-15-25-18(21)20(5,6)8-2/h7-17H2,1-6H3. The van der Waals surface area contributed by atoms with E-state index in [2.05, 4.69) is 20.8 Å². The molecule has 0 atom stereocenters. The fourth-order valence-corrected chi connectivity index (χ4v) is 1.53. The van der Waals surface area contributed by atoms with Gasteiger partial charge in [-0.2, -0.15) is 0 Å². The Hall–Kier alpha value is -0.730. The molecular formula is C20H40O7. The summed E-state index contributed by atoms with van der Waals surface area (Å²) in [6.07, 6.45) is 1.79. The zero-order valence-corrected chi connectivity index (χ0v) is 18.1. The third-order valence-corrected chi connectivity index (χ3v) is 4.44. The Balaban J connectivity index is 3.27. The molecule has 0 unspecified atom stereocenters. The van der Waals surface area contributed by atoms with Gasteiger partial charge in [0.15, 0.2) is 0 Å². The summed E-state index contributed by atoms with van der Waals surface area (Å²) in [5.41, 5.74) is -0.309. The van der Waals surface area contributed by atoms with Gasteiger partial charge in [-0.15, -0.1) is 0 Å². The molecule has 7 heteroatoms. The highest BCUT2D eigenvalue weighted by atomic mass is 17.2. The fraction of sp³-hybridized carbons (Fsp3) is 0.950. The number of rotatable bonds is 18. The summed E-state index contributed by atoms with van der Waals surface area (Å²) < 4.78 is 21.3. The third-order valence-electron chi connectivity index (χ3n) is 4.44. The summed E-state index contributed by atoms with van der Waals surface area (Å²) in [6, 6.07) is 0. The fourth-order valence-electron chi connectivity index (χ4n) is 1.53. The van der Waals surface area contributed by atoms with E-state index in [0.29, 0.717) is 52.9 Å². The van der Waals surface area contributed by atoms with E-state index in [4.69, 9.17) is 28.7 Å². The summed E-state index contributed by atoms with van der Waals surface area (Å²) in [7, 11) is 0. The lowest BCUT2D eigenvalue weighted by Crippen LogP contribution is -2.27. The molecule has 0 saturated carbocycles. The van der Waals surface area contributed by atoms with Crippen molar-refractivity contribution in [1.82, 2.24) is 0 Å². The van der Waals surface area contributed by atoms with E-state index in [1.165, 1.54) is 0 Å². The molecule has 27 heavy (non-hydrogen) atoms. The van der Waals surface area contributed by atoms with E-state index in [-0.39, 0.29) is 18.0 Å². The molecule has 0 aromatic rings. The average Bonchev–Trinajstić information content (AvgIpc) is 2.64.